The zero-order valence-corrected chi connectivity index (χ0v) is 9.14. The average Bonchev–Trinajstić information content (AvgIpc) is 2.77. The molecule has 0 unspecified atom stereocenters. The third-order valence-corrected chi connectivity index (χ3v) is 2.61. The molecule has 0 saturated carbocycles. The Bertz CT molecular complexity index is 476. The molecule has 2 heterocycles. The first kappa shape index (κ1) is 9.97. The Labute approximate surface area is 93.4 Å². The molecule has 0 aliphatic heterocycles. The molecular formula is C9H7BrN2O3. The summed E-state index contributed by atoms with van der Waals surface area (Å²) in [7, 11) is 0. The van der Waals surface area contributed by atoms with Crippen LogP contribution < -0.4 is 0 Å². The highest BCUT2D eigenvalue weighted by atomic mass is 79.9. The van der Waals surface area contributed by atoms with Gasteiger partial charge in [0, 0.05) is 11.8 Å². The van der Waals surface area contributed by atoms with Crippen LogP contribution in [0.1, 0.15) is 15.9 Å². The molecule has 0 aliphatic rings. The quantitative estimate of drug-likeness (QED) is 0.926. The highest BCUT2D eigenvalue weighted by Gasteiger charge is 2.09. The molecular weight excluding hydrogens is 264 g/mol. The van der Waals surface area contributed by atoms with Crippen molar-refractivity contribution in [1.82, 2.24) is 9.72 Å². The van der Waals surface area contributed by atoms with Gasteiger partial charge in [0.15, 0.2) is 0 Å². The van der Waals surface area contributed by atoms with Crippen molar-refractivity contribution in [2.24, 2.45) is 0 Å². The molecule has 0 spiro atoms. The van der Waals surface area contributed by atoms with Crippen LogP contribution in [0.4, 0.5) is 0 Å². The van der Waals surface area contributed by atoms with Crippen LogP contribution >= 0.6 is 15.9 Å². The fourth-order valence-electron chi connectivity index (χ4n) is 1.22. The minimum atomic E-state index is -0.945. The molecule has 0 amide bonds. The van der Waals surface area contributed by atoms with Gasteiger partial charge in [-0.25, -0.2) is 4.79 Å². The molecule has 0 aromatic carbocycles. The fourth-order valence-corrected chi connectivity index (χ4v) is 1.69. The summed E-state index contributed by atoms with van der Waals surface area (Å²) in [5.41, 5.74) is 1.13. The SMILES string of the molecule is O=C(O)c1cc(Br)n(Cc2cnoc2)c1. The van der Waals surface area contributed by atoms with Crippen molar-refractivity contribution in [3.63, 3.8) is 0 Å². The number of carbonyl (C=O) groups is 1. The number of halogens is 1. The van der Waals surface area contributed by atoms with Crippen LogP contribution in [0.5, 0.6) is 0 Å². The summed E-state index contributed by atoms with van der Waals surface area (Å²) < 4.78 is 7.16. The maximum Gasteiger partial charge on any atom is 0.337 e. The Balaban J connectivity index is 2.25. The van der Waals surface area contributed by atoms with E-state index in [9.17, 15) is 4.79 Å². The van der Waals surface area contributed by atoms with Crippen molar-refractivity contribution in [2.45, 2.75) is 6.54 Å². The zero-order chi connectivity index (χ0) is 10.8. The molecule has 1 N–H and O–H groups in total. The van der Waals surface area contributed by atoms with Crippen LogP contribution in [0.2, 0.25) is 0 Å². The van der Waals surface area contributed by atoms with Gasteiger partial charge in [-0.15, -0.1) is 0 Å². The van der Waals surface area contributed by atoms with Gasteiger partial charge in [0.25, 0.3) is 0 Å². The topological polar surface area (TPSA) is 68.3 Å². The number of hydrogen-bond acceptors (Lipinski definition) is 3. The molecule has 0 radical (unpaired) electrons. The second kappa shape index (κ2) is 3.90. The Morgan fingerprint density at radius 2 is 2.47 bits per heavy atom. The molecule has 6 heteroatoms. The molecule has 0 atom stereocenters. The van der Waals surface area contributed by atoms with Gasteiger partial charge in [-0.1, -0.05) is 5.16 Å². The van der Waals surface area contributed by atoms with E-state index in [2.05, 4.69) is 25.6 Å². The van der Waals surface area contributed by atoms with Crippen LogP contribution in [-0.4, -0.2) is 20.8 Å². The van der Waals surface area contributed by atoms with Crippen LogP contribution in [0.3, 0.4) is 0 Å². The lowest BCUT2D eigenvalue weighted by Crippen LogP contribution is -1.98. The summed E-state index contributed by atoms with van der Waals surface area (Å²) in [5.74, 6) is -0.945. The summed E-state index contributed by atoms with van der Waals surface area (Å²) in [6.07, 6.45) is 4.67. The van der Waals surface area contributed by atoms with E-state index >= 15 is 0 Å². The van der Waals surface area contributed by atoms with Crippen molar-refractivity contribution in [3.05, 3.63) is 40.5 Å². The molecule has 2 aromatic rings. The van der Waals surface area contributed by atoms with Crippen LogP contribution in [0.25, 0.3) is 0 Å². The van der Waals surface area contributed by atoms with Crippen molar-refractivity contribution in [1.29, 1.82) is 0 Å². The summed E-state index contributed by atoms with van der Waals surface area (Å²) in [6.45, 7) is 0.525. The zero-order valence-electron chi connectivity index (χ0n) is 7.55. The molecule has 2 aromatic heterocycles. The van der Waals surface area contributed by atoms with Crippen molar-refractivity contribution >= 4 is 21.9 Å². The minimum Gasteiger partial charge on any atom is -0.478 e. The van der Waals surface area contributed by atoms with Gasteiger partial charge in [-0.3, -0.25) is 0 Å². The lowest BCUT2D eigenvalue weighted by atomic mass is 10.3. The maximum atomic E-state index is 10.7. The second-order valence-corrected chi connectivity index (χ2v) is 3.83. The standard InChI is InChI=1S/C9H7BrN2O3/c10-8-1-7(9(13)14)4-12(8)3-6-2-11-15-5-6/h1-2,4-5H,3H2,(H,13,14). The smallest absolute Gasteiger partial charge is 0.337 e. The van der Waals surface area contributed by atoms with Gasteiger partial charge in [-0.05, 0) is 22.0 Å². The molecule has 2 rings (SSSR count). The van der Waals surface area contributed by atoms with E-state index in [0.717, 1.165) is 5.56 Å². The Kier molecular flexibility index (Phi) is 2.59. The number of carboxylic acids is 1. The second-order valence-electron chi connectivity index (χ2n) is 3.02. The molecule has 0 bridgehead atoms. The van der Waals surface area contributed by atoms with Crippen molar-refractivity contribution in [3.8, 4) is 0 Å². The van der Waals surface area contributed by atoms with E-state index in [1.54, 1.807) is 23.0 Å². The maximum absolute atomic E-state index is 10.7. The Hall–Kier alpha value is -1.56. The predicted octanol–water partition coefficient (Wildman–Crippen LogP) is 1.99. The number of aromatic carboxylic acids is 1. The first-order valence-electron chi connectivity index (χ1n) is 4.14. The van der Waals surface area contributed by atoms with Gasteiger partial charge in [0.1, 0.15) is 6.26 Å². The van der Waals surface area contributed by atoms with Gasteiger partial charge in [0.2, 0.25) is 0 Å². The van der Waals surface area contributed by atoms with Gasteiger partial charge in [-0.2, -0.15) is 0 Å². The van der Waals surface area contributed by atoms with E-state index in [4.69, 9.17) is 5.11 Å². The van der Waals surface area contributed by atoms with Gasteiger partial charge >= 0.3 is 5.97 Å². The normalized spacial score (nSPS) is 10.5. The summed E-state index contributed by atoms with van der Waals surface area (Å²) in [5, 5.41) is 12.4. The molecule has 5 nitrogen and oxygen atoms in total. The Morgan fingerprint density at radius 1 is 1.67 bits per heavy atom. The monoisotopic (exact) mass is 270 g/mol. The van der Waals surface area contributed by atoms with Crippen LogP contribution in [0.15, 0.2) is 33.8 Å². The summed E-state index contributed by atoms with van der Waals surface area (Å²) >= 11 is 3.28. The molecule has 78 valence electrons. The predicted molar refractivity (Wildman–Crippen MR) is 54.7 cm³/mol. The van der Waals surface area contributed by atoms with Crippen molar-refractivity contribution in [2.75, 3.05) is 0 Å². The minimum absolute atomic E-state index is 0.248. The highest BCUT2D eigenvalue weighted by molar-refractivity contribution is 9.10. The van der Waals surface area contributed by atoms with E-state index in [1.807, 2.05) is 0 Å². The Morgan fingerprint density at radius 3 is 3.00 bits per heavy atom. The van der Waals surface area contributed by atoms with E-state index in [1.165, 1.54) is 6.26 Å². The average molecular weight is 271 g/mol. The van der Waals surface area contributed by atoms with Crippen molar-refractivity contribution < 1.29 is 14.4 Å². The fraction of sp³-hybridized carbons (Fsp3) is 0.111. The number of nitrogens with zero attached hydrogens (tertiary/aromatic N) is 2. The highest BCUT2D eigenvalue weighted by Crippen LogP contribution is 2.17. The van der Waals surface area contributed by atoms with E-state index < -0.39 is 5.97 Å². The lowest BCUT2D eigenvalue weighted by Gasteiger charge is -2.00. The largest absolute Gasteiger partial charge is 0.478 e. The van der Waals surface area contributed by atoms with Crippen LogP contribution in [-0.2, 0) is 6.54 Å². The van der Waals surface area contributed by atoms with E-state index in [-0.39, 0.29) is 5.56 Å². The van der Waals surface area contributed by atoms with Gasteiger partial charge in [0.05, 0.1) is 22.9 Å². The lowest BCUT2D eigenvalue weighted by molar-refractivity contribution is 0.0697. The first-order chi connectivity index (χ1) is 7.16. The van der Waals surface area contributed by atoms with Gasteiger partial charge < -0.3 is 14.2 Å². The third-order valence-electron chi connectivity index (χ3n) is 1.93. The molecule has 0 fully saturated rings. The molecule has 0 saturated heterocycles. The van der Waals surface area contributed by atoms with Crippen LogP contribution in [0, 0.1) is 0 Å². The first-order valence-corrected chi connectivity index (χ1v) is 4.93. The number of rotatable bonds is 3. The summed E-state index contributed by atoms with van der Waals surface area (Å²) in [6, 6.07) is 1.55. The molecule has 15 heavy (non-hydrogen) atoms. The van der Waals surface area contributed by atoms with E-state index in [0.29, 0.717) is 11.1 Å². The number of aromatic nitrogens is 2. The number of carboxylic acid groups (broad SMARTS) is 1. The molecule has 0 aliphatic carbocycles. The summed E-state index contributed by atoms with van der Waals surface area (Å²) in [4.78, 5) is 10.7. The number of hydrogen-bond donors (Lipinski definition) is 1. The third kappa shape index (κ3) is 2.10.